The molecule has 1 unspecified atom stereocenters. The Morgan fingerprint density at radius 3 is 2.64 bits per heavy atom. The van der Waals surface area contributed by atoms with Gasteiger partial charge in [-0.15, -0.1) is 0 Å². The first-order chi connectivity index (χ1) is 6.63. The van der Waals surface area contributed by atoms with Gasteiger partial charge in [0.1, 0.15) is 0 Å². The van der Waals surface area contributed by atoms with Crippen LogP contribution in [0.4, 0.5) is 0 Å². The molecule has 0 heterocycles. The fourth-order valence-electron chi connectivity index (χ4n) is 1.60. The molecular formula is C11H22N2O. The van der Waals surface area contributed by atoms with E-state index >= 15 is 0 Å². The third kappa shape index (κ3) is 4.09. The Balaban J connectivity index is 2.34. The van der Waals surface area contributed by atoms with Crippen LogP contribution in [0.3, 0.4) is 0 Å². The molecule has 3 nitrogen and oxygen atoms in total. The maximum absolute atomic E-state index is 11.8. The van der Waals surface area contributed by atoms with Crippen molar-refractivity contribution < 1.29 is 4.79 Å². The molecule has 0 aliphatic heterocycles. The summed E-state index contributed by atoms with van der Waals surface area (Å²) in [5.74, 6) is 1.01. The number of rotatable bonds is 6. The Morgan fingerprint density at radius 2 is 2.21 bits per heavy atom. The molecule has 1 fully saturated rings. The Bertz CT molecular complexity index is 188. The lowest BCUT2D eigenvalue weighted by molar-refractivity contribution is -0.131. The maximum Gasteiger partial charge on any atom is 0.224 e. The second-order valence-corrected chi connectivity index (χ2v) is 4.46. The Morgan fingerprint density at radius 1 is 1.57 bits per heavy atom. The van der Waals surface area contributed by atoms with Crippen molar-refractivity contribution in [3.8, 4) is 0 Å². The summed E-state index contributed by atoms with van der Waals surface area (Å²) in [5, 5.41) is 0. The number of amides is 1. The molecule has 1 amide bonds. The van der Waals surface area contributed by atoms with E-state index in [1.807, 2.05) is 11.8 Å². The molecule has 1 atom stereocenters. The van der Waals surface area contributed by atoms with Gasteiger partial charge >= 0.3 is 0 Å². The zero-order chi connectivity index (χ0) is 10.6. The van der Waals surface area contributed by atoms with E-state index in [0.717, 1.165) is 25.4 Å². The van der Waals surface area contributed by atoms with Crippen molar-refractivity contribution in [2.24, 2.45) is 11.7 Å². The van der Waals surface area contributed by atoms with E-state index in [2.05, 4.69) is 6.92 Å². The zero-order valence-corrected chi connectivity index (χ0v) is 9.33. The van der Waals surface area contributed by atoms with E-state index < -0.39 is 0 Å². The monoisotopic (exact) mass is 198 g/mol. The minimum atomic E-state index is -0.0129. The zero-order valence-electron chi connectivity index (χ0n) is 9.33. The van der Waals surface area contributed by atoms with Crippen LogP contribution in [0.15, 0.2) is 0 Å². The minimum absolute atomic E-state index is 0.0129. The lowest BCUT2D eigenvalue weighted by Gasteiger charge is -2.22. The van der Waals surface area contributed by atoms with Gasteiger partial charge in [-0.2, -0.15) is 0 Å². The first-order valence-corrected chi connectivity index (χ1v) is 5.66. The minimum Gasteiger partial charge on any atom is -0.342 e. The van der Waals surface area contributed by atoms with Crippen LogP contribution < -0.4 is 5.73 Å². The predicted molar refractivity (Wildman–Crippen MR) is 57.9 cm³/mol. The number of nitrogens with zero attached hydrogens (tertiary/aromatic N) is 1. The number of carbonyl (C=O) groups is 1. The summed E-state index contributed by atoms with van der Waals surface area (Å²) >= 11 is 0. The molecule has 82 valence electrons. The van der Waals surface area contributed by atoms with Crippen molar-refractivity contribution in [1.82, 2.24) is 4.90 Å². The molecule has 0 aromatic heterocycles. The first kappa shape index (κ1) is 11.5. The SMILES string of the molecule is CCCN(CC1CC1)C(=O)CC(C)N. The summed E-state index contributed by atoms with van der Waals surface area (Å²) in [7, 11) is 0. The number of hydrogen-bond acceptors (Lipinski definition) is 2. The van der Waals surface area contributed by atoms with Gasteiger partial charge in [-0.25, -0.2) is 0 Å². The fraction of sp³-hybridized carbons (Fsp3) is 0.909. The van der Waals surface area contributed by atoms with Gasteiger partial charge in [0.15, 0.2) is 0 Å². The van der Waals surface area contributed by atoms with Gasteiger partial charge in [-0.3, -0.25) is 4.79 Å². The van der Waals surface area contributed by atoms with E-state index in [-0.39, 0.29) is 11.9 Å². The summed E-state index contributed by atoms with van der Waals surface area (Å²) in [4.78, 5) is 13.7. The summed E-state index contributed by atoms with van der Waals surface area (Å²) in [6.07, 6.45) is 4.13. The molecule has 0 aromatic carbocycles. The molecule has 2 N–H and O–H groups in total. The second kappa shape index (κ2) is 5.35. The molecule has 3 heteroatoms. The maximum atomic E-state index is 11.8. The van der Waals surface area contributed by atoms with Gasteiger partial charge in [0.2, 0.25) is 5.91 Å². The van der Waals surface area contributed by atoms with Gasteiger partial charge in [-0.1, -0.05) is 6.92 Å². The standard InChI is InChI=1S/C11H22N2O/c1-3-6-13(8-10-4-5-10)11(14)7-9(2)12/h9-10H,3-8,12H2,1-2H3. The van der Waals surface area contributed by atoms with Gasteiger partial charge in [0, 0.05) is 25.6 Å². The molecule has 1 rings (SSSR count). The second-order valence-electron chi connectivity index (χ2n) is 4.46. The van der Waals surface area contributed by atoms with Gasteiger partial charge in [-0.05, 0) is 32.1 Å². The van der Waals surface area contributed by atoms with Crippen molar-refractivity contribution in [3.63, 3.8) is 0 Å². The predicted octanol–water partition coefficient (Wildman–Crippen LogP) is 1.37. The molecule has 0 radical (unpaired) electrons. The average Bonchev–Trinajstić information content (AvgIpc) is 2.86. The third-order valence-corrected chi connectivity index (χ3v) is 2.52. The highest BCUT2D eigenvalue weighted by molar-refractivity contribution is 5.76. The average molecular weight is 198 g/mol. The van der Waals surface area contributed by atoms with Gasteiger partial charge in [0.25, 0.3) is 0 Å². The van der Waals surface area contributed by atoms with Crippen molar-refractivity contribution >= 4 is 5.91 Å². The molecule has 0 bridgehead atoms. The highest BCUT2D eigenvalue weighted by atomic mass is 16.2. The van der Waals surface area contributed by atoms with Crippen molar-refractivity contribution in [2.75, 3.05) is 13.1 Å². The van der Waals surface area contributed by atoms with Crippen molar-refractivity contribution in [3.05, 3.63) is 0 Å². The van der Waals surface area contributed by atoms with Crippen molar-refractivity contribution in [2.45, 2.75) is 45.6 Å². The van der Waals surface area contributed by atoms with Crippen molar-refractivity contribution in [1.29, 1.82) is 0 Å². The van der Waals surface area contributed by atoms with Crippen LogP contribution in [-0.2, 0) is 4.79 Å². The van der Waals surface area contributed by atoms with E-state index in [9.17, 15) is 4.79 Å². The largest absolute Gasteiger partial charge is 0.342 e. The smallest absolute Gasteiger partial charge is 0.224 e. The molecule has 1 aliphatic rings. The Hall–Kier alpha value is -0.570. The highest BCUT2D eigenvalue weighted by Crippen LogP contribution is 2.29. The van der Waals surface area contributed by atoms with E-state index in [4.69, 9.17) is 5.73 Å². The first-order valence-electron chi connectivity index (χ1n) is 5.66. The van der Waals surface area contributed by atoms with Crippen LogP contribution in [0.2, 0.25) is 0 Å². The Labute approximate surface area is 86.6 Å². The van der Waals surface area contributed by atoms with Gasteiger partial charge in [0.05, 0.1) is 0 Å². The van der Waals surface area contributed by atoms with Crippen LogP contribution >= 0.6 is 0 Å². The molecule has 14 heavy (non-hydrogen) atoms. The molecule has 0 saturated heterocycles. The summed E-state index contributed by atoms with van der Waals surface area (Å²) in [5.41, 5.74) is 5.63. The summed E-state index contributed by atoms with van der Waals surface area (Å²) in [6.45, 7) is 5.85. The quantitative estimate of drug-likeness (QED) is 0.700. The topological polar surface area (TPSA) is 46.3 Å². The molecule has 1 saturated carbocycles. The highest BCUT2D eigenvalue weighted by Gasteiger charge is 2.26. The summed E-state index contributed by atoms with van der Waals surface area (Å²) < 4.78 is 0. The third-order valence-electron chi connectivity index (χ3n) is 2.52. The summed E-state index contributed by atoms with van der Waals surface area (Å²) in [6, 6.07) is -0.0129. The molecule has 0 spiro atoms. The number of hydrogen-bond donors (Lipinski definition) is 1. The van der Waals surface area contributed by atoms with E-state index in [1.165, 1.54) is 12.8 Å². The van der Waals surface area contributed by atoms with Crippen LogP contribution in [0, 0.1) is 5.92 Å². The number of carbonyl (C=O) groups excluding carboxylic acids is 1. The van der Waals surface area contributed by atoms with Crippen LogP contribution in [0.1, 0.15) is 39.5 Å². The van der Waals surface area contributed by atoms with E-state index in [0.29, 0.717) is 6.42 Å². The number of nitrogens with two attached hydrogens (primary N) is 1. The lowest BCUT2D eigenvalue weighted by atomic mass is 10.2. The lowest BCUT2D eigenvalue weighted by Crippen LogP contribution is -2.36. The van der Waals surface area contributed by atoms with Gasteiger partial charge < -0.3 is 10.6 Å². The van der Waals surface area contributed by atoms with Crippen LogP contribution in [0.25, 0.3) is 0 Å². The molecule has 0 aromatic rings. The normalized spacial score (nSPS) is 17.9. The van der Waals surface area contributed by atoms with Crippen LogP contribution in [-0.4, -0.2) is 29.9 Å². The molecular weight excluding hydrogens is 176 g/mol. The molecule has 1 aliphatic carbocycles. The van der Waals surface area contributed by atoms with E-state index in [1.54, 1.807) is 0 Å². The Kier molecular flexibility index (Phi) is 4.39. The van der Waals surface area contributed by atoms with Crippen LogP contribution in [0.5, 0.6) is 0 Å². The fourth-order valence-corrected chi connectivity index (χ4v) is 1.60.